The lowest BCUT2D eigenvalue weighted by Crippen LogP contribution is -2.33. The summed E-state index contributed by atoms with van der Waals surface area (Å²) in [4.78, 5) is 13.5. The Labute approximate surface area is 150 Å². The van der Waals surface area contributed by atoms with E-state index in [4.69, 9.17) is 23.1 Å². The molecule has 1 aliphatic rings. The molecule has 0 atom stereocenters. The van der Waals surface area contributed by atoms with Crippen LogP contribution in [0.25, 0.3) is 0 Å². The summed E-state index contributed by atoms with van der Waals surface area (Å²) in [5.41, 5.74) is 5.30. The van der Waals surface area contributed by atoms with Crippen molar-refractivity contribution in [2.24, 2.45) is 17.6 Å². The molecular formula is C17H31N5OS. The molecule has 0 unspecified atom stereocenters. The van der Waals surface area contributed by atoms with Crippen LogP contribution in [0.5, 0.6) is 0 Å². The van der Waals surface area contributed by atoms with Crippen molar-refractivity contribution in [2.75, 3.05) is 13.1 Å². The van der Waals surface area contributed by atoms with Crippen LogP contribution in [0.3, 0.4) is 0 Å². The molecule has 0 aliphatic heterocycles. The number of rotatable bonds is 10. The second-order valence-corrected chi connectivity index (χ2v) is 8.10. The fourth-order valence-electron chi connectivity index (χ4n) is 3.07. The summed E-state index contributed by atoms with van der Waals surface area (Å²) in [7, 11) is 0. The molecule has 1 saturated carbocycles. The first-order chi connectivity index (χ1) is 11.3. The lowest BCUT2D eigenvalue weighted by molar-refractivity contribution is -0.118. The topological polar surface area (TPSA) is 69.1 Å². The van der Waals surface area contributed by atoms with Crippen LogP contribution < -0.4 is 5.73 Å². The molecule has 7 heteroatoms. The van der Waals surface area contributed by atoms with Gasteiger partial charge in [0.25, 0.3) is 0 Å². The first-order valence-electron chi connectivity index (χ1n) is 8.96. The second kappa shape index (κ2) is 8.25. The smallest absolute Gasteiger partial charge is 0.217 e. The van der Waals surface area contributed by atoms with Crippen LogP contribution in [0.4, 0.5) is 0 Å². The molecule has 6 nitrogen and oxygen atoms in total. The Balaban J connectivity index is 2.20. The molecule has 2 N–H and O–H groups in total. The number of aromatic nitrogens is 3. The third-order valence-electron chi connectivity index (χ3n) is 4.03. The number of amides is 1. The van der Waals surface area contributed by atoms with Crippen molar-refractivity contribution in [1.82, 2.24) is 19.2 Å². The number of hydrogen-bond acceptors (Lipinski definition) is 4. The van der Waals surface area contributed by atoms with Crippen molar-refractivity contribution >= 4 is 18.1 Å². The van der Waals surface area contributed by atoms with Crippen LogP contribution in [-0.4, -0.2) is 38.2 Å². The lowest BCUT2D eigenvalue weighted by Gasteiger charge is -2.25. The molecule has 0 radical (unpaired) electrons. The van der Waals surface area contributed by atoms with Gasteiger partial charge in [-0.2, -0.15) is 5.10 Å². The molecule has 1 heterocycles. The van der Waals surface area contributed by atoms with Crippen LogP contribution >= 0.6 is 12.2 Å². The molecule has 1 fully saturated rings. The molecule has 1 aromatic heterocycles. The maximum absolute atomic E-state index is 11.1. The second-order valence-electron chi connectivity index (χ2n) is 7.73. The Hall–Kier alpha value is -1.21. The fourth-order valence-corrected chi connectivity index (χ4v) is 3.43. The van der Waals surface area contributed by atoms with Gasteiger partial charge in [-0.15, -0.1) is 0 Å². The quantitative estimate of drug-likeness (QED) is 0.657. The van der Waals surface area contributed by atoms with Gasteiger partial charge in [0.05, 0.1) is 6.67 Å². The van der Waals surface area contributed by atoms with Crippen LogP contribution in [0, 0.1) is 16.6 Å². The molecule has 2 rings (SSSR count). The highest BCUT2D eigenvalue weighted by Crippen LogP contribution is 2.36. The highest BCUT2D eigenvalue weighted by molar-refractivity contribution is 7.71. The molecule has 1 aromatic rings. The predicted octanol–water partition coefficient (Wildman–Crippen LogP) is 2.74. The van der Waals surface area contributed by atoms with E-state index in [2.05, 4.69) is 37.2 Å². The van der Waals surface area contributed by atoms with Gasteiger partial charge in [0.15, 0.2) is 4.77 Å². The minimum Gasteiger partial charge on any atom is -0.370 e. The van der Waals surface area contributed by atoms with Gasteiger partial charge >= 0.3 is 0 Å². The van der Waals surface area contributed by atoms with E-state index < -0.39 is 0 Å². The third kappa shape index (κ3) is 5.41. The zero-order valence-corrected chi connectivity index (χ0v) is 16.2. The lowest BCUT2D eigenvalue weighted by atomic mass is 10.1. The number of nitrogens with two attached hydrogens (primary N) is 1. The van der Waals surface area contributed by atoms with Gasteiger partial charge in [0.2, 0.25) is 5.91 Å². The minimum atomic E-state index is -0.293. The number of primary amides is 1. The zero-order chi connectivity index (χ0) is 17.9. The standard InChI is InChI=1S/C17H31N5OS/c1-12(2)9-20(10-13(3)4)11-21-17(24)22(14-5-6-14)16(19-21)8-7-15(18)23/h12-14H,5-11H2,1-4H3,(H2,18,23). The van der Waals surface area contributed by atoms with E-state index in [-0.39, 0.29) is 5.91 Å². The number of hydrogen-bond donors (Lipinski definition) is 1. The molecule has 24 heavy (non-hydrogen) atoms. The molecule has 0 bridgehead atoms. The summed E-state index contributed by atoms with van der Waals surface area (Å²) in [6.07, 6.45) is 3.17. The van der Waals surface area contributed by atoms with Gasteiger partial charge in [-0.25, -0.2) is 4.68 Å². The molecule has 1 aliphatic carbocycles. The maximum atomic E-state index is 11.1. The Morgan fingerprint density at radius 2 is 1.88 bits per heavy atom. The summed E-state index contributed by atoms with van der Waals surface area (Å²) in [5, 5.41) is 4.72. The van der Waals surface area contributed by atoms with Crippen molar-refractivity contribution < 1.29 is 4.79 Å². The molecule has 1 amide bonds. The van der Waals surface area contributed by atoms with Crippen LogP contribution in [-0.2, 0) is 17.9 Å². The Bertz CT molecular complexity index is 605. The molecule has 136 valence electrons. The Morgan fingerprint density at radius 1 is 1.29 bits per heavy atom. The van der Waals surface area contributed by atoms with Crippen molar-refractivity contribution in [3.05, 3.63) is 10.6 Å². The predicted molar refractivity (Wildman–Crippen MR) is 98.1 cm³/mol. The number of aryl methyl sites for hydroxylation is 1. The van der Waals surface area contributed by atoms with Crippen LogP contribution in [0.2, 0.25) is 0 Å². The Morgan fingerprint density at radius 3 is 2.33 bits per heavy atom. The normalized spacial score (nSPS) is 15.0. The summed E-state index contributed by atoms with van der Waals surface area (Å²) >= 11 is 5.68. The zero-order valence-electron chi connectivity index (χ0n) is 15.4. The van der Waals surface area contributed by atoms with Gasteiger partial charge in [0, 0.05) is 32.0 Å². The van der Waals surface area contributed by atoms with Gasteiger partial charge < -0.3 is 10.3 Å². The van der Waals surface area contributed by atoms with Crippen molar-refractivity contribution in [2.45, 2.75) is 66.1 Å². The summed E-state index contributed by atoms with van der Waals surface area (Å²) < 4.78 is 4.84. The van der Waals surface area contributed by atoms with Crippen molar-refractivity contribution in [3.8, 4) is 0 Å². The largest absolute Gasteiger partial charge is 0.370 e. The summed E-state index contributed by atoms with van der Waals surface area (Å²) in [6.45, 7) is 11.7. The van der Waals surface area contributed by atoms with Crippen LogP contribution in [0.15, 0.2) is 0 Å². The van der Waals surface area contributed by atoms with E-state index in [1.807, 2.05) is 4.68 Å². The van der Waals surface area contributed by atoms with Crippen LogP contribution in [0.1, 0.15) is 58.8 Å². The van der Waals surface area contributed by atoms with Gasteiger partial charge in [-0.05, 0) is 36.9 Å². The number of nitrogens with zero attached hydrogens (tertiary/aromatic N) is 4. The van der Waals surface area contributed by atoms with E-state index in [1.54, 1.807) is 0 Å². The fraction of sp³-hybridized carbons (Fsp3) is 0.824. The average molecular weight is 354 g/mol. The highest BCUT2D eigenvalue weighted by atomic mass is 32.1. The van der Waals surface area contributed by atoms with Gasteiger partial charge in [-0.3, -0.25) is 9.69 Å². The summed E-state index contributed by atoms with van der Waals surface area (Å²) in [5.74, 6) is 1.80. The highest BCUT2D eigenvalue weighted by Gasteiger charge is 2.28. The SMILES string of the molecule is CC(C)CN(CC(C)C)Cn1nc(CCC(N)=O)n(C2CC2)c1=S. The number of carbonyl (C=O) groups is 1. The number of carbonyl (C=O) groups excluding carboxylic acids is 1. The molecule has 0 spiro atoms. The van der Waals surface area contributed by atoms with E-state index in [0.717, 1.165) is 36.5 Å². The first kappa shape index (κ1) is 19.1. The van der Waals surface area contributed by atoms with Crippen molar-refractivity contribution in [1.29, 1.82) is 0 Å². The van der Waals surface area contributed by atoms with Gasteiger partial charge in [-0.1, -0.05) is 27.7 Å². The average Bonchev–Trinajstić information content (AvgIpc) is 3.22. The van der Waals surface area contributed by atoms with Gasteiger partial charge in [0.1, 0.15) is 5.82 Å². The van der Waals surface area contributed by atoms with Crippen molar-refractivity contribution in [3.63, 3.8) is 0 Å². The third-order valence-corrected chi connectivity index (χ3v) is 4.44. The monoisotopic (exact) mass is 353 g/mol. The molecular weight excluding hydrogens is 322 g/mol. The first-order valence-corrected chi connectivity index (χ1v) is 9.37. The summed E-state index contributed by atoms with van der Waals surface area (Å²) in [6, 6.07) is 0.456. The Kier molecular flexibility index (Phi) is 6.57. The van der Waals surface area contributed by atoms with E-state index >= 15 is 0 Å². The minimum absolute atomic E-state index is 0.293. The maximum Gasteiger partial charge on any atom is 0.217 e. The van der Waals surface area contributed by atoms with E-state index in [0.29, 0.717) is 37.4 Å². The molecule has 0 saturated heterocycles. The molecule has 0 aromatic carbocycles. The van der Waals surface area contributed by atoms with E-state index in [9.17, 15) is 4.79 Å². The van der Waals surface area contributed by atoms with E-state index in [1.165, 1.54) is 0 Å².